The first-order valence-corrected chi connectivity index (χ1v) is 6.73. The average Bonchev–Trinajstić information content (AvgIpc) is 2.57. The highest BCUT2D eigenvalue weighted by atomic mass is 79.9. The van der Waals surface area contributed by atoms with Crippen molar-refractivity contribution in [3.8, 4) is 0 Å². The summed E-state index contributed by atoms with van der Waals surface area (Å²) in [5, 5.41) is 1.31. The quantitative estimate of drug-likeness (QED) is 0.822. The third-order valence-electron chi connectivity index (χ3n) is 2.27. The number of hydrogen-bond acceptors (Lipinski definition) is 1. The summed E-state index contributed by atoms with van der Waals surface area (Å²) in [6.07, 6.45) is 4.30. The number of aryl methyl sites for hydroxylation is 1. The Labute approximate surface area is 96.6 Å². The molecule has 2 rings (SSSR count). The molecule has 2 aromatic rings. The number of thioether (sulfide) groups is 1. The van der Waals surface area contributed by atoms with Crippen molar-refractivity contribution in [1.29, 1.82) is 0 Å². The zero-order chi connectivity index (χ0) is 9.97. The van der Waals surface area contributed by atoms with Gasteiger partial charge in [-0.2, -0.15) is 11.8 Å². The van der Waals surface area contributed by atoms with E-state index in [2.05, 4.69) is 57.2 Å². The fourth-order valence-corrected chi connectivity index (χ4v) is 2.31. The van der Waals surface area contributed by atoms with Gasteiger partial charge in [0.2, 0.25) is 0 Å². The second-order valence-electron chi connectivity index (χ2n) is 3.21. The van der Waals surface area contributed by atoms with E-state index in [0.29, 0.717) is 0 Å². The van der Waals surface area contributed by atoms with Gasteiger partial charge in [0, 0.05) is 33.9 Å². The SMILES string of the molecule is CSCCn1ccc2cc(Br)ccc21. The van der Waals surface area contributed by atoms with Crippen molar-refractivity contribution in [2.24, 2.45) is 0 Å². The first-order valence-electron chi connectivity index (χ1n) is 4.54. The molecule has 0 amide bonds. The van der Waals surface area contributed by atoms with E-state index in [1.165, 1.54) is 16.7 Å². The Morgan fingerprint density at radius 3 is 3.00 bits per heavy atom. The Morgan fingerprint density at radius 2 is 2.21 bits per heavy atom. The van der Waals surface area contributed by atoms with Crippen molar-refractivity contribution in [2.75, 3.05) is 12.0 Å². The molecule has 0 spiro atoms. The van der Waals surface area contributed by atoms with Crippen molar-refractivity contribution in [1.82, 2.24) is 4.57 Å². The van der Waals surface area contributed by atoms with Gasteiger partial charge in [-0.05, 0) is 30.5 Å². The Hall–Kier alpha value is -0.410. The highest BCUT2D eigenvalue weighted by Gasteiger charge is 2.00. The molecule has 1 aromatic heterocycles. The molecule has 0 atom stereocenters. The van der Waals surface area contributed by atoms with Crippen molar-refractivity contribution in [3.63, 3.8) is 0 Å². The van der Waals surface area contributed by atoms with Gasteiger partial charge in [0.1, 0.15) is 0 Å². The summed E-state index contributed by atoms with van der Waals surface area (Å²) >= 11 is 5.36. The van der Waals surface area contributed by atoms with Crippen molar-refractivity contribution in [3.05, 3.63) is 34.9 Å². The standard InChI is InChI=1S/C11H12BrNS/c1-14-7-6-13-5-4-9-8-10(12)2-3-11(9)13/h2-5,8H,6-7H2,1H3. The van der Waals surface area contributed by atoms with Crippen LogP contribution in [-0.4, -0.2) is 16.6 Å². The molecule has 0 aliphatic rings. The molecule has 0 unspecified atom stereocenters. The Kier molecular flexibility index (Phi) is 3.19. The van der Waals surface area contributed by atoms with Crippen LogP contribution in [0.1, 0.15) is 0 Å². The van der Waals surface area contributed by atoms with Gasteiger partial charge in [-0.1, -0.05) is 15.9 Å². The van der Waals surface area contributed by atoms with Crippen LogP contribution in [0, 0.1) is 0 Å². The van der Waals surface area contributed by atoms with Gasteiger partial charge in [-0.25, -0.2) is 0 Å². The second kappa shape index (κ2) is 4.41. The minimum atomic E-state index is 1.09. The molecular formula is C11H12BrNS. The Morgan fingerprint density at radius 1 is 1.36 bits per heavy atom. The number of rotatable bonds is 3. The van der Waals surface area contributed by atoms with Crippen molar-refractivity contribution < 1.29 is 0 Å². The van der Waals surface area contributed by atoms with Gasteiger partial charge in [-0.15, -0.1) is 0 Å². The summed E-state index contributed by atoms with van der Waals surface area (Å²) in [6.45, 7) is 1.09. The van der Waals surface area contributed by atoms with Crippen LogP contribution in [0.2, 0.25) is 0 Å². The van der Waals surface area contributed by atoms with E-state index >= 15 is 0 Å². The van der Waals surface area contributed by atoms with Crippen LogP contribution in [0.25, 0.3) is 10.9 Å². The molecule has 0 bridgehead atoms. The maximum absolute atomic E-state index is 3.48. The molecule has 14 heavy (non-hydrogen) atoms. The van der Waals surface area contributed by atoms with Gasteiger partial charge in [0.05, 0.1) is 0 Å². The Balaban J connectivity index is 2.37. The fraction of sp³-hybridized carbons (Fsp3) is 0.273. The molecule has 0 saturated carbocycles. The number of aromatic nitrogens is 1. The predicted octanol–water partition coefficient (Wildman–Crippen LogP) is 3.77. The van der Waals surface area contributed by atoms with E-state index in [9.17, 15) is 0 Å². The van der Waals surface area contributed by atoms with Gasteiger partial charge in [0.15, 0.2) is 0 Å². The lowest BCUT2D eigenvalue weighted by atomic mass is 10.2. The summed E-state index contributed by atoms with van der Waals surface area (Å²) in [7, 11) is 0. The number of nitrogens with zero attached hydrogens (tertiary/aromatic N) is 1. The van der Waals surface area contributed by atoms with Crippen LogP contribution in [0.4, 0.5) is 0 Å². The third kappa shape index (κ3) is 1.98. The minimum absolute atomic E-state index is 1.09. The highest BCUT2D eigenvalue weighted by Crippen LogP contribution is 2.20. The van der Waals surface area contributed by atoms with E-state index in [1.54, 1.807) is 0 Å². The maximum Gasteiger partial charge on any atom is 0.0481 e. The van der Waals surface area contributed by atoms with Crippen LogP contribution in [-0.2, 0) is 6.54 Å². The summed E-state index contributed by atoms with van der Waals surface area (Å²) in [5.41, 5.74) is 1.32. The molecule has 0 N–H and O–H groups in total. The van der Waals surface area contributed by atoms with Gasteiger partial charge >= 0.3 is 0 Å². The zero-order valence-corrected chi connectivity index (χ0v) is 10.4. The summed E-state index contributed by atoms with van der Waals surface area (Å²) < 4.78 is 3.45. The maximum atomic E-state index is 3.48. The van der Waals surface area contributed by atoms with Crippen LogP contribution < -0.4 is 0 Å². The fourth-order valence-electron chi connectivity index (χ4n) is 1.56. The molecule has 74 valence electrons. The largest absolute Gasteiger partial charge is 0.347 e. The van der Waals surface area contributed by atoms with Crippen molar-refractivity contribution in [2.45, 2.75) is 6.54 Å². The summed E-state index contributed by atoms with van der Waals surface area (Å²) in [6, 6.07) is 8.59. The van der Waals surface area contributed by atoms with Crippen LogP contribution in [0.3, 0.4) is 0 Å². The lowest BCUT2D eigenvalue weighted by molar-refractivity contribution is 0.808. The summed E-state index contributed by atoms with van der Waals surface area (Å²) in [4.78, 5) is 0. The molecule has 0 fully saturated rings. The smallest absolute Gasteiger partial charge is 0.0481 e. The molecule has 1 aromatic carbocycles. The number of benzene rings is 1. The van der Waals surface area contributed by atoms with E-state index < -0.39 is 0 Å². The van der Waals surface area contributed by atoms with Crippen LogP contribution in [0.15, 0.2) is 34.9 Å². The molecule has 3 heteroatoms. The van der Waals surface area contributed by atoms with Crippen LogP contribution >= 0.6 is 27.7 Å². The Bertz CT molecular complexity index is 436. The number of halogens is 1. The van der Waals surface area contributed by atoms with E-state index in [0.717, 1.165) is 11.0 Å². The molecule has 1 heterocycles. The van der Waals surface area contributed by atoms with E-state index in [1.807, 2.05) is 11.8 Å². The molecule has 1 nitrogen and oxygen atoms in total. The normalized spacial score (nSPS) is 11.0. The lowest BCUT2D eigenvalue weighted by Gasteiger charge is -2.03. The zero-order valence-electron chi connectivity index (χ0n) is 8.03. The molecule has 0 aliphatic heterocycles. The van der Waals surface area contributed by atoms with E-state index in [4.69, 9.17) is 0 Å². The summed E-state index contributed by atoms with van der Waals surface area (Å²) in [5.74, 6) is 1.17. The van der Waals surface area contributed by atoms with Gasteiger partial charge in [0.25, 0.3) is 0 Å². The third-order valence-corrected chi connectivity index (χ3v) is 3.35. The van der Waals surface area contributed by atoms with Gasteiger partial charge < -0.3 is 4.57 Å². The highest BCUT2D eigenvalue weighted by molar-refractivity contribution is 9.10. The first kappa shape index (κ1) is 10.1. The predicted molar refractivity (Wildman–Crippen MR) is 68.0 cm³/mol. The lowest BCUT2D eigenvalue weighted by Crippen LogP contribution is -1.97. The number of fused-ring (bicyclic) bond motifs is 1. The monoisotopic (exact) mass is 269 g/mol. The van der Waals surface area contributed by atoms with Gasteiger partial charge in [-0.3, -0.25) is 0 Å². The van der Waals surface area contributed by atoms with Crippen molar-refractivity contribution >= 4 is 38.6 Å². The minimum Gasteiger partial charge on any atom is -0.347 e. The topological polar surface area (TPSA) is 4.93 Å². The average molecular weight is 270 g/mol. The first-order chi connectivity index (χ1) is 6.81. The number of hydrogen-bond donors (Lipinski definition) is 0. The van der Waals surface area contributed by atoms with Crippen LogP contribution in [0.5, 0.6) is 0 Å². The second-order valence-corrected chi connectivity index (χ2v) is 5.11. The molecule has 0 aliphatic carbocycles. The molecular weight excluding hydrogens is 258 g/mol. The molecule has 0 saturated heterocycles. The van der Waals surface area contributed by atoms with E-state index in [-0.39, 0.29) is 0 Å². The molecule has 0 radical (unpaired) electrons.